The number of aromatic nitrogens is 3. The number of rotatable bonds is 4. The molecule has 0 unspecified atom stereocenters. The number of ether oxygens (including phenoxy) is 2. The Hall–Kier alpha value is -3.84. The molecule has 5 rings (SSSR count). The second-order valence-corrected chi connectivity index (χ2v) is 13.2. The predicted molar refractivity (Wildman–Crippen MR) is 174 cm³/mol. The van der Waals surface area contributed by atoms with Crippen molar-refractivity contribution in [3.8, 4) is 0 Å². The number of piperidine rings is 1. The Morgan fingerprint density at radius 3 is 2.47 bits per heavy atom. The average molecular weight is 655 g/mol. The highest BCUT2D eigenvalue weighted by atomic mass is 19.1. The molecule has 5 atom stereocenters. The van der Waals surface area contributed by atoms with Gasteiger partial charge in [-0.3, -0.25) is 9.59 Å². The molecule has 0 radical (unpaired) electrons. The van der Waals surface area contributed by atoms with Crippen LogP contribution in [0.1, 0.15) is 71.4 Å². The minimum atomic E-state index is -0.898. The van der Waals surface area contributed by atoms with Gasteiger partial charge in [0.2, 0.25) is 5.91 Å². The summed E-state index contributed by atoms with van der Waals surface area (Å²) in [6.07, 6.45) is 5.15. The van der Waals surface area contributed by atoms with E-state index < -0.39 is 30.1 Å². The standard InChI is InChI=1S/C34H47FN6O6/c1-21-5-7-27(43)20-31(44)47-33(22(2)6-8-30(21)46-34(45)40-15-11-36-12-16-40)23(3)17-25-18-28(35)32-29(19-25)41(38-37-32)26-9-13-39(14-10-26)24(4)42/h6,8,17-19,21-22,26-27,30,33,36,43H,5,7,9-16,20H2,1-4H3/b8-6?,23-17+/t21-,22-,27+,30-,33-/m0/s1. The minimum Gasteiger partial charge on any atom is -0.457 e. The molecule has 12 nitrogen and oxygen atoms in total. The van der Waals surface area contributed by atoms with E-state index in [1.54, 1.807) is 27.5 Å². The number of nitrogens with one attached hydrogen (secondary N) is 1. The number of halogens is 1. The normalized spacial score (nSPS) is 27.2. The molecule has 3 aliphatic heterocycles. The molecule has 1 aromatic carbocycles. The Morgan fingerprint density at radius 2 is 1.77 bits per heavy atom. The second-order valence-electron chi connectivity index (χ2n) is 13.2. The van der Waals surface area contributed by atoms with Gasteiger partial charge in [-0.2, -0.15) is 0 Å². The lowest BCUT2D eigenvalue weighted by Gasteiger charge is -2.31. The zero-order valence-electron chi connectivity index (χ0n) is 27.7. The third-order valence-electron chi connectivity index (χ3n) is 9.52. The van der Waals surface area contributed by atoms with Crippen molar-refractivity contribution in [3.63, 3.8) is 0 Å². The fourth-order valence-electron chi connectivity index (χ4n) is 6.63. The van der Waals surface area contributed by atoms with Gasteiger partial charge in [0.05, 0.1) is 24.1 Å². The number of esters is 1. The quantitative estimate of drug-likeness (QED) is 0.372. The molecule has 256 valence electrons. The van der Waals surface area contributed by atoms with Crippen LogP contribution < -0.4 is 5.32 Å². The number of nitrogens with zero attached hydrogens (tertiary/aromatic N) is 5. The van der Waals surface area contributed by atoms with E-state index in [1.807, 2.05) is 39.0 Å². The van der Waals surface area contributed by atoms with Crippen LogP contribution in [0.5, 0.6) is 0 Å². The van der Waals surface area contributed by atoms with Crippen LogP contribution in [0.2, 0.25) is 0 Å². The molecular formula is C34H47FN6O6. The maximum atomic E-state index is 15.3. The van der Waals surface area contributed by atoms with Crippen LogP contribution in [0.25, 0.3) is 17.1 Å². The summed E-state index contributed by atoms with van der Waals surface area (Å²) in [7, 11) is 0. The molecule has 1 aromatic heterocycles. The van der Waals surface area contributed by atoms with E-state index in [2.05, 4.69) is 15.6 Å². The summed E-state index contributed by atoms with van der Waals surface area (Å²) in [6.45, 7) is 11.0. The van der Waals surface area contributed by atoms with Gasteiger partial charge in [-0.25, -0.2) is 13.9 Å². The van der Waals surface area contributed by atoms with Gasteiger partial charge in [-0.15, -0.1) is 5.10 Å². The highest BCUT2D eigenvalue weighted by molar-refractivity contribution is 5.79. The Kier molecular flexibility index (Phi) is 11.3. The summed E-state index contributed by atoms with van der Waals surface area (Å²) < 4.78 is 29.0. The van der Waals surface area contributed by atoms with Crippen LogP contribution in [0, 0.1) is 17.7 Å². The molecule has 0 aliphatic carbocycles. The largest absolute Gasteiger partial charge is 0.457 e. The number of piperazine rings is 1. The molecule has 47 heavy (non-hydrogen) atoms. The first-order chi connectivity index (χ1) is 22.5. The van der Waals surface area contributed by atoms with Crippen LogP contribution in [0.3, 0.4) is 0 Å². The first-order valence-electron chi connectivity index (χ1n) is 16.7. The predicted octanol–water partition coefficient (Wildman–Crippen LogP) is 3.85. The fraction of sp³-hybridized carbons (Fsp3) is 0.618. The number of aliphatic hydroxyl groups excluding tert-OH is 1. The average Bonchev–Trinajstić information content (AvgIpc) is 3.48. The van der Waals surface area contributed by atoms with Gasteiger partial charge < -0.3 is 29.7 Å². The lowest BCUT2D eigenvalue weighted by atomic mass is 9.91. The highest BCUT2D eigenvalue weighted by Crippen LogP contribution is 2.30. The number of hydrogen-bond donors (Lipinski definition) is 2. The third kappa shape index (κ3) is 8.55. The Bertz CT molecular complexity index is 1500. The monoisotopic (exact) mass is 654 g/mol. The van der Waals surface area contributed by atoms with Crippen molar-refractivity contribution in [3.05, 3.63) is 41.2 Å². The molecule has 2 fully saturated rings. The molecule has 0 saturated carbocycles. The van der Waals surface area contributed by atoms with E-state index in [0.29, 0.717) is 81.6 Å². The number of fused-ring (bicyclic) bond motifs is 1. The van der Waals surface area contributed by atoms with E-state index in [4.69, 9.17) is 9.47 Å². The van der Waals surface area contributed by atoms with E-state index in [9.17, 15) is 19.5 Å². The zero-order valence-corrected chi connectivity index (χ0v) is 27.7. The first-order valence-corrected chi connectivity index (χ1v) is 16.7. The molecule has 0 spiro atoms. The molecule has 2 aromatic rings. The number of carbonyl (C=O) groups is 3. The second kappa shape index (κ2) is 15.4. The highest BCUT2D eigenvalue weighted by Gasteiger charge is 2.29. The molecule has 3 aliphatic rings. The topological polar surface area (TPSA) is 139 Å². The number of aliphatic hydroxyl groups is 1. The number of amides is 2. The van der Waals surface area contributed by atoms with E-state index >= 15 is 4.39 Å². The van der Waals surface area contributed by atoms with Gasteiger partial charge in [0, 0.05) is 52.1 Å². The van der Waals surface area contributed by atoms with Gasteiger partial charge in [0.15, 0.2) is 5.82 Å². The smallest absolute Gasteiger partial charge is 0.410 e. The summed E-state index contributed by atoms with van der Waals surface area (Å²) in [5.41, 5.74) is 1.97. The fourth-order valence-corrected chi connectivity index (χ4v) is 6.63. The summed E-state index contributed by atoms with van der Waals surface area (Å²) in [5, 5.41) is 22.2. The maximum absolute atomic E-state index is 15.3. The molecule has 0 bridgehead atoms. The van der Waals surface area contributed by atoms with Crippen LogP contribution in [0.4, 0.5) is 9.18 Å². The Balaban J connectivity index is 1.40. The van der Waals surface area contributed by atoms with Gasteiger partial charge in [-0.05, 0) is 67.9 Å². The van der Waals surface area contributed by atoms with Crippen molar-refractivity contribution < 1.29 is 33.4 Å². The molecular weight excluding hydrogens is 607 g/mol. The SMILES string of the molecule is CC(=O)N1CCC(n2nnc3c(F)cc(/C=C(\C)[C@H]4OC(=O)C[C@H](O)CC[C@H](C)[C@@H](OC(=O)N5CCNCC5)C=C[C@@H]4C)cc32)CC1. The van der Waals surface area contributed by atoms with E-state index in [0.717, 1.165) is 0 Å². The molecule has 2 saturated heterocycles. The summed E-state index contributed by atoms with van der Waals surface area (Å²) in [6, 6.07) is 3.20. The third-order valence-corrected chi connectivity index (χ3v) is 9.52. The van der Waals surface area contributed by atoms with Gasteiger partial charge in [-0.1, -0.05) is 31.2 Å². The molecule has 13 heteroatoms. The van der Waals surface area contributed by atoms with Crippen molar-refractivity contribution in [2.24, 2.45) is 11.8 Å². The first kappa shape index (κ1) is 34.5. The van der Waals surface area contributed by atoms with Gasteiger partial charge >= 0.3 is 12.1 Å². The number of benzene rings is 1. The van der Waals surface area contributed by atoms with Crippen molar-refractivity contribution >= 4 is 35.1 Å². The van der Waals surface area contributed by atoms with Crippen molar-refractivity contribution in [1.82, 2.24) is 30.1 Å². The number of hydrogen-bond acceptors (Lipinski definition) is 9. The van der Waals surface area contributed by atoms with Crippen LogP contribution in [0.15, 0.2) is 29.9 Å². The summed E-state index contributed by atoms with van der Waals surface area (Å²) in [4.78, 5) is 41.2. The van der Waals surface area contributed by atoms with Crippen molar-refractivity contribution in [2.75, 3.05) is 39.3 Å². The summed E-state index contributed by atoms with van der Waals surface area (Å²) in [5.74, 6) is -1.41. The van der Waals surface area contributed by atoms with Crippen molar-refractivity contribution in [1.29, 1.82) is 0 Å². The number of likely N-dealkylation sites (tertiary alicyclic amines) is 1. The molecule has 2 amide bonds. The molecule has 4 heterocycles. The van der Waals surface area contributed by atoms with Gasteiger partial charge in [0.25, 0.3) is 0 Å². The lowest BCUT2D eigenvalue weighted by Crippen LogP contribution is -2.47. The number of cyclic esters (lactones) is 1. The Labute approximate surface area is 274 Å². The Morgan fingerprint density at radius 1 is 1.04 bits per heavy atom. The lowest BCUT2D eigenvalue weighted by molar-refractivity contribution is -0.151. The van der Waals surface area contributed by atoms with Gasteiger partial charge in [0.1, 0.15) is 17.7 Å². The van der Waals surface area contributed by atoms with Crippen LogP contribution in [-0.4, -0.2) is 105 Å². The minimum absolute atomic E-state index is 0.0183. The van der Waals surface area contributed by atoms with Crippen molar-refractivity contribution in [2.45, 2.75) is 84.2 Å². The molecule has 2 N–H and O–H groups in total. The number of carbonyl (C=O) groups excluding carboxylic acids is 3. The van der Waals surface area contributed by atoms with Crippen LogP contribution >= 0.6 is 0 Å². The summed E-state index contributed by atoms with van der Waals surface area (Å²) >= 11 is 0. The van der Waals surface area contributed by atoms with Crippen LogP contribution in [-0.2, 0) is 19.1 Å². The zero-order chi connectivity index (χ0) is 33.7. The van der Waals surface area contributed by atoms with E-state index in [-0.39, 0.29) is 41.8 Å². The van der Waals surface area contributed by atoms with E-state index in [1.165, 1.54) is 6.07 Å². The maximum Gasteiger partial charge on any atom is 0.410 e.